The fourth-order valence-electron chi connectivity index (χ4n) is 1.87. The molecule has 0 atom stereocenters. The first-order chi connectivity index (χ1) is 10.8. The minimum atomic E-state index is -1.34. The van der Waals surface area contributed by atoms with E-state index in [1.54, 1.807) is 6.92 Å². The lowest BCUT2D eigenvalue weighted by Crippen LogP contribution is -2.42. The third-order valence-electron chi connectivity index (χ3n) is 2.87. The van der Waals surface area contributed by atoms with Gasteiger partial charge in [0.25, 0.3) is 5.79 Å². The predicted octanol–water partition coefficient (Wildman–Crippen LogP) is 2.16. The van der Waals surface area contributed by atoms with E-state index in [4.69, 9.17) is 9.47 Å². The first-order valence-electron chi connectivity index (χ1n) is 6.94. The van der Waals surface area contributed by atoms with E-state index >= 15 is 0 Å². The van der Waals surface area contributed by atoms with Gasteiger partial charge >= 0.3 is 11.9 Å². The minimum Gasteiger partial charge on any atom is -0.507 e. The van der Waals surface area contributed by atoms with Crippen LogP contribution in [0.4, 0.5) is 5.69 Å². The fourth-order valence-corrected chi connectivity index (χ4v) is 1.87. The highest BCUT2D eigenvalue weighted by Crippen LogP contribution is 2.24. The van der Waals surface area contributed by atoms with Gasteiger partial charge in [0.1, 0.15) is 5.76 Å². The van der Waals surface area contributed by atoms with E-state index in [-0.39, 0.29) is 0 Å². The van der Waals surface area contributed by atoms with Gasteiger partial charge in [-0.25, -0.2) is 9.59 Å². The van der Waals surface area contributed by atoms with Crippen molar-refractivity contribution in [3.05, 3.63) is 53.4 Å². The maximum Gasteiger partial charge on any atom is 0.352 e. The smallest absolute Gasteiger partial charge is 0.352 e. The van der Waals surface area contributed by atoms with E-state index < -0.39 is 29.1 Å². The summed E-state index contributed by atoms with van der Waals surface area (Å²) in [6, 6.07) is 9.29. The molecule has 122 valence electrons. The first kappa shape index (κ1) is 16.4. The summed E-state index contributed by atoms with van der Waals surface area (Å²) in [6.07, 6.45) is 1.23. The molecule has 2 rings (SSSR count). The number of rotatable bonds is 4. The van der Waals surface area contributed by atoms with E-state index in [0.717, 1.165) is 5.69 Å². The van der Waals surface area contributed by atoms with Crippen molar-refractivity contribution in [1.29, 1.82) is 0 Å². The second-order valence-electron chi connectivity index (χ2n) is 5.38. The maximum atomic E-state index is 11.8. The Labute approximate surface area is 133 Å². The molecule has 0 saturated carbocycles. The number of carbonyl (C=O) groups is 2. The monoisotopic (exact) mass is 318 g/mol. The second kappa shape index (κ2) is 6.43. The van der Waals surface area contributed by atoms with Gasteiger partial charge in [0.15, 0.2) is 5.57 Å². The van der Waals surface area contributed by atoms with Gasteiger partial charge in [-0.15, -0.1) is 0 Å². The molecule has 1 fully saturated rings. The van der Waals surface area contributed by atoms with Crippen LogP contribution in [0.1, 0.15) is 20.8 Å². The number of cyclic esters (lactones) is 2. The van der Waals surface area contributed by atoms with Gasteiger partial charge in [-0.05, 0) is 19.1 Å². The normalized spacial score (nSPS) is 17.2. The topological polar surface area (TPSA) is 96.9 Å². The van der Waals surface area contributed by atoms with Crippen molar-refractivity contribution in [3.8, 4) is 0 Å². The predicted molar refractivity (Wildman–Crippen MR) is 82.9 cm³/mol. The molecular formula is C16H18N2O5. The van der Waals surface area contributed by atoms with Crippen LogP contribution < -0.4 is 10.9 Å². The summed E-state index contributed by atoms with van der Waals surface area (Å²) in [5, 5.41) is 9.99. The number of aliphatic hydroxyl groups is 1. The number of hydrogen-bond donors (Lipinski definition) is 3. The molecule has 0 amide bonds. The average molecular weight is 318 g/mol. The van der Waals surface area contributed by atoms with E-state index in [1.165, 1.54) is 19.9 Å². The van der Waals surface area contributed by atoms with Gasteiger partial charge < -0.3 is 25.4 Å². The number of carbonyl (C=O) groups excluding carboxylic acids is 2. The molecule has 23 heavy (non-hydrogen) atoms. The Morgan fingerprint density at radius 2 is 1.70 bits per heavy atom. The van der Waals surface area contributed by atoms with Gasteiger partial charge in [-0.2, -0.15) is 0 Å². The first-order valence-corrected chi connectivity index (χ1v) is 6.94. The molecule has 0 radical (unpaired) electrons. The SMILES string of the molecule is C/C(=C\C(O)=C1C(=O)OC(C)(C)OC1=O)NNc1ccccc1. The zero-order chi connectivity index (χ0) is 17.0. The number of nitrogens with one attached hydrogen (secondary N) is 2. The Balaban J connectivity index is 2.10. The lowest BCUT2D eigenvalue weighted by Gasteiger charge is -2.29. The molecule has 1 aliphatic rings. The summed E-state index contributed by atoms with van der Waals surface area (Å²) < 4.78 is 9.85. The number of hydrogen-bond acceptors (Lipinski definition) is 7. The molecular weight excluding hydrogens is 300 g/mol. The van der Waals surface area contributed by atoms with Crippen molar-refractivity contribution in [1.82, 2.24) is 5.43 Å². The number of allylic oxidation sites excluding steroid dienone is 2. The van der Waals surface area contributed by atoms with Crippen molar-refractivity contribution < 1.29 is 24.2 Å². The second-order valence-corrected chi connectivity index (χ2v) is 5.38. The largest absolute Gasteiger partial charge is 0.507 e. The third kappa shape index (κ3) is 4.26. The number of esters is 2. The highest BCUT2D eigenvalue weighted by molar-refractivity contribution is 6.16. The van der Waals surface area contributed by atoms with Crippen LogP contribution in [-0.4, -0.2) is 22.8 Å². The minimum absolute atomic E-state index is 0.476. The van der Waals surface area contributed by atoms with Crippen molar-refractivity contribution >= 4 is 17.6 Å². The summed E-state index contributed by atoms with van der Waals surface area (Å²) in [7, 11) is 0. The van der Waals surface area contributed by atoms with Crippen molar-refractivity contribution in [2.45, 2.75) is 26.6 Å². The van der Waals surface area contributed by atoms with Crippen LogP contribution in [0, 0.1) is 0 Å². The Bertz CT molecular complexity index is 655. The number of ether oxygens (including phenoxy) is 2. The average Bonchev–Trinajstić information content (AvgIpc) is 2.44. The van der Waals surface area contributed by atoms with Crippen LogP contribution in [0.2, 0.25) is 0 Å². The summed E-state index contributed by atoms with van der Waals surface area (Å²) >= 11 is 0. The molecule has 0 bridgehead atoms. The van der Waals surface area contributed by atoms with Crippen LogP contribution in [0.15, 0.2) is 53.4 Å². The lowest BCUT2D eigenvalue weighted by atomic mass is 10.1. The standard InChI is InChI=1S/C16H18N2O5/c1-10(17-18-11-7-5-4-6-8-11)9-12(19)13-14(20)22-16(2,3)23-15(13)21/h4-9,17-19H,1-3H3/b10-9+. The van der Waals surface area contributed by atoms with Crippen molar-refractivity contribution in [2.24, 2.45) is 0 Å². The molecule has 1 saturated heterocycles. The highest BCUT2D eigenvalue weighted by Gasteiger charge is 2.40. The summed E-state index contributed by atoms with van der Waals surface area (Å²) in [6.45, 7) is 4.52. The maximum absolute atomic E-state index is 11.8. The third-order valence-corrected chi connectivity index (χ3v) is 2.87. The Morgan fingerprint density at radius 3 is 2.26 bits per heavy atom. The quantitative estimate of drug-likeness (QED) is 0.257. The van der Waals surface area contributed by atoms with Crippen molar-refractivity contribution in [3.63, 3.8) is 0 Å². The van der Waals surface area contributed by atoms with Crippen LogP contribution >= 0.6 is 0 Å². The van der Waals surface area contributed by atoms with Crippen LogP contribution in [0.3, 0.4) is 0 Å². The zero-order valence-electron chi connectivity index (χ0n) is 13.0. The van der Waals surface area contributed by atoms with Gasteiger partial charge in [0.05, 0.1) is 5.69 Å². The summed E-state index contributed by atoms with van der Waals surface area (Å²) in [5.41, 5.74) is 6.48. The number of anilines is 1. The summed E-state index contributed by atoms with van der Waals surface area (Å²) in [4.78, 5) is 23.6. The van der Waals surface area contributed by atoms with Gasteiger partial charge in [0.2, 0.25) is 0 Å². The molecule has 7 heteroatoms. The molecule has 0 aromatic heterocycles. The molecule has 0 unspecified atom stereocenters. The van der Waals surface area contributed by atoms with E-state index in [2.05, 4.69) is 10.9 Å². The van der Waals surface area contributed by atoms with E-state index in [1.807, 2.05) is 30.3 Å². The van der Waals surface area contributed by atoms with Crippen LogP contribution in [0.5, 0.6) is 0 Å². The zero-order valence-corrected chi connectivity index (χ0v) is 13.0. The number of benzene rings is 1. The Kier molecular flexibility index (Phi) is 4.59. The van der Waals surface area contributed by atoms with Crippen LogP contribution in [-0.2, 0) is 19.1 Å². The fraction of sp³-hybridized carbons (Fsp3) is 0.250. The van der Waals surface area contributed by atoms with E-state index in [0.29, 0.717) is 5.70 Å². The lowest BCUT2D eigenvalue weighted by molar-refractivity contribution is -0.222. The molecule has 7 nitrogen and oxygen atoms in total. The molecule has 1 aromatic carbocycles. The summed E-state index contributed by atoms with van der Waals surface area (Å²) in [5.74, 6) is -3.73. The molecule has 0 aliphatic carbocycles. The number of para-hydroxylation sites is 1. The number of aliphatic hydroxyl groups excluding tert-OH is 1. The molecule has 3 N–H and O–H groups in total. The van der Waals surface area contributed by atoms with Crippen LogP contribution in [0.25, 0.3) is 0 Å². The van der Waals surface area contributed by atoms with Crippen molar-refractivity contribution in [2.75, 3.05) is 5.43 Å². The van der Waals surface area contributed by atoms with E-state index in [9.17, 15) is 14.7 Å². The Morgan fingerprint density at radius 1 is 1.13 bits per heavy atom. The number of hydrazine groups is 1. The highest BCUT2D eigenvalue weighted by atomic mass is 16.7. The molecule has 1 aromatic rings. The Hall–Kier alpha value is -2.96. The molecule has 0 spiro atoms. The molecule has 1 aliphatic heterocycles. The molecule has 1 heterocycles. The van der Waals surface area contributed by atoms with Gasteiger partial charge in [-0.1, -0.05) is 18.2 Å². The van der Waals surface area contributed by atoms with Gasteiger partial charge in [0, 0.05) is 25.6 Å². The van der Waals surface area contributed by atoms with Gasteiger partial charge in [-0.3, -0.25) is 0 Å².